The van der Waals surface area contributed by atoms with Gasteiger partial charge in [0.25, 0.3) is 0 Å². The molecule has 1 N–H and O–H groups in total. The lowest BCUT2D eigenvalue weighted by Gasteiger charge is -2.35. The van der Waals surface area contributed by atoms with E-state index in [1.807, 2.05) is 0 Å². The number of nitrogens with one attached hydrogen (secondary N) is 1. The molecule has 0 aromatic heterocycles. The molecule has 1 atom stereocenters. The third-order valence-electron chi connectivity index (χ3n) is 4.05. The molecule has 1 fully saturated rings. The average molecular weight is 235 g/mol. The topological polar surface area (TPSA) is 12.0 Å². The Kier molecular flexibility index (Phi) is 5.80. The summed E-state index contributed by atoms with van der Waals surface area (Å²) >= 11 is 0. The molecule has 1 aliphatic rings. The molecule has 0 aromatic carbocycles. The minimum atomic E-state index is 0.447. The van der Waals surface area contributed by atoms with E-state index in [0.29, 0.717) is 12.0 Å². The van der Waals surface area contributed by atoms with Crippen molar-refractivity contribution in [1.82, 2.24) is 5.32 Å². The summed E-state index contributed by atoms with van der Waals surface area (Å²) < 4.78 is 0. The average Bonchev–Trinajstić information content (AvgIpc) is 2.35. The first-order valence-electron chi connectivity index (χ1n) is 7.19. The highest BCUT2D eigenvalue weighted by atomic mass is 14.9. The molecule has 1 heteroatoms. The Morgan fingerprint density at radius 3 is 2.24 bits per heavy atom. The van der Waals surface area contributed by atoms with Crippen LogP contribution in [0.25, 0.3) is 0 Å². The van der Waals surface area contributed by atoms with Crippen LogP contribution < -0.4 is 5.32 Å². The van der Waals surface area contributed by atoms with Gasteiger partial charge in [0, 0.05) is 11.7 Å². The fourth-order valence-corrected chi connectivity index (χ4v) is 2.66. The third-order valence-corrected chi connectivity index (χ3v) is 4.05. The van der Waals surface area contributed by atoms with Gasteiger partial charge in [-0.15, -0.1) is 0 Å². The van der Waals surface area contributed by atoms with E-state index in [1.165, 1.54) is 37.7 Å². The summed E-state index contributed by atoms with van der Waals surface area (Å²) in [5.41, 5.74) is 2.51. The zero-order chi connectivity index (χ0) is 12.8. The molecule has 0 spiro atoms. The van der Waals surface area contributed by atoms with Crippen molar-refractivity contribution < 1.29 is 0 Å². The maximum atomic E-state index is 4.31. The van der Waals surface area contributed by atoms with Crippen molar-refractivity contribution in [1.29, 1.82) is 0 Å². The molecule has 0 aromatic rings. The van der Waals surface area contributed by atoms with Crippen LogP contribution in [0.4, 0.5) is 0 Å². The molecule has 98 valence electrons. The summed E-state index contributed by atoms with van der Waals surface area (Å²) in [6, 6.07) is 0.447. The molecular weight excluding hydrogens is 206 g/mol. The Bertz CT molecular complexity index is 259. The molecular formula is C16H29N. The molecule has 0 saturated heterocycles. The van der Waals surface area contributed by atoms with Crippen molar-refractivity contribution in [3.63, 3.8) is 0 Å². The zero-order valence-corrected chi connectivity index (χ0v) is 11.9. The van der Waals surface area contributed by atoms with Crippen molar-refractivity contribution >= 4 is 0 Å². The Hall–Kier alpha value is -0.720. The van der Waals surface area contributed by atoms with E-state index in [9.17, 15) is 0 Å². The Morgan fingerprint density at radius 2 is 1.76 bits per heavy atom. The van der Waals surface area contributed by atoms with E-state index in [2.05, 4.69) is 39.2 Å². The van der Waals surface area contributed by atoms with Crippen molar-refractivity contribution in [3.05, 3.63) is 24.4 Å². The van der Waals surface area contributed by atoms with Gasteiger partial charge in [0.2, 0.25) is 0 Å². The summed E-state index contributed by atoms with van der Waals surface area (Å²) in [5, 5.41) is 3.62. The number of allylic oxidation sites excluding steroid dienone is 1. The third kappa shape index (κ3) is 4.22. The summed E-state index contributed by atoms with van der Waals surface area (Å²) in [7, 11) is 0. The molecule has 0 aliphatic heterocycles. The highest BCUT2D eigenvalue weighted by molar-refractivity contribution is 5.14. The van der Waals surface area contributed by atoms with Gasteiger partial charge in [0.05, 0.1) is 0 Å². The van der Waals surface area contributed by atoms with Crippen molar-refractivity contribution in [2.75, 3.05) is 0 Å². The van der Waals surface area contributed by atoms with Crippen LogP contribution in [0, 0.1) is 11.8 Å². The molecule has 17 heavy (non-hydrogen) atoms. The van der Waals surface area contributed by atoms with E-state index in [4.69, 9.17) is 0 Å². The molecule has 0 amide bonds. The minimum Gasteiger partial charge on any atom is -0.382 e. The van der Waals surface area contributed by atoms with E-state index in [-0.39, 0.29) is 0 Å². The highest BCUT2D eigenvalue weighted by Gasteiger charge is 2.26. The lowest BCUT2D eigenvalue weighted by Crippen LogP contribution is -2.39. The second kappa shape index (κ2) is 6.88. The van der Waals surface area contributed by atoms with Crippen LogP contribution in [0.5, 0.6) is 0 Å². The molecule has 1 nitrogen and oxygen atoms in total. The molecule has 0 radical (unpaired) electrons. The quantitative estimate of drug-likeness (QED) is 0.660. The zero-order valence-electron chi connectivity index (χ0n) is 11.9. The van der Waals surface area contributed by atoms with Crippen LogP contribution in [-0.4, -0.2) is 6.04 Å². The van der Waals surface area contributed by atoms with Gasteiger partial charge in [-0.3, -0.25) is 0 Å². The van der Waals surface area contributed by atoms with Crippen LogP contribution in [0.3, 0.4) is 0 Å². The minimum absolute atomic E-state index is 0.447. The van der Waals surface area contributed by atoms with E-state index < -0.39 is 0 Å². The van der Waals surface area contributed by atoms with Crippen LogP contribution in [-0.2, 0) is 0 Å². The predicted molar refractivity (Wildman–Crippen MR) is 76.9 cm³/mol. The normalized spacial score (nSPS) is 19.1. The number of rotatable bonds is 6. The monoisotopic (exact) mass is 235 g/mol. The Balaban J connectivity index is 2.69. The van der Waals surface area contributed by atoms with Gasteiger partial charge in [-0.25, -0.2) is 0 Å². The van der Waals surface area contributed by atoms with Gasteiger partial charge >= 0.3 is 0 Å². The molecule has 0 heterocycles. The molecule has 1 unspecified atom stereocenters. The molecule has 0 bridgehead atoms. The second-order valence-corrected chi connectivity index (χ2v) is 5.71. The lowest BCUT2D eigenvalue weighted by molar-refractivity contribution is 0.293. The van der Waals surface area contributed by atoms with Crippen molar-refractivity contribution in [3.8, 4) is 0 Å². The van der Waals surface area contributed by atoms with E-state index in [1.54, 1.807) is 0 Å². The summed E-state index contributed by atoms with van der Waals surface area (Å²) in [6.07, 6.45) is 7.88. The maximum absolute atomic E-state index is 4.31. The fraction of sp³-hybridized carbons (Fsp3) is 0.750. The summed E-state index contributed by atoms with van der Waals surface area (Å²) in [6.45, 7) is 15.1. The predicted octanol–water partition coefficient (Wildman–Crippen LogP) is 4.66. The maximum Gasteiger partial charge on any atom is 0.0498 e. The SMILES string of the molecule is C=C(CC)NC(C(=C)C(C)C)C1CCCCC1. The largest absolute Gasteiger partial charge is 0.382 e. The first kappa shape index (κ1) is 14.3. The second-order valence-electron chi connectivity index (χ2n) is 5.71. The van der Waals surface area contributed by atoms with Gasteiger partial charge in [-0.05, 0) is 31.1 Å². The first-order valence-corrected chi connectivity index (χ1v) is 7.19. The van der Waals surface area contributed by atoms with Crippen molar-refractivity contribution in [2.24, 2.45) is 11.8 Å². The summed E-state index contributed by atoms with van der Waals surface area (Å²) in [4.78, 5) is 0. The van der Waals surface area contributed by atoms with Gasteiger partial charge in [0.15, 0.2) is 0 Å². The number of hydrogen-bond acceptors (Lipinski definition) is 1. The van der Waals surface area contributed by atoms with Gasteiger partial charge in [-0.1, -0.05) is 58.8 Å². The smallest absolute Gasteiger partial charge is 0.0498 e. The highest BCUT2D eigenvalue weighted by Crippen LogP contribution is 2.31. The van der Waals surface area contributed by atoms with E-state index >= 15 is 0 Å². The van der Waals surface area contributed by atoms with Crippen LogP contribution in [0.2, 0.25) is 0 Å². The number of hydrogen-bond donors (Lipinski definition) is 1. The van der Waals surface area contributed by atoms with Crippen LogP contribution in [0.15, 0.2) is 24.4 Å². The molecule has 1 aliphatic carbocycles. The first-order chi connectivity index (χ1) is 8.06. The van der Waals surface area contributed by atoms with Gasteiger partial charge in [0.1, 0.15) is 0 Å². The van der Waals surface area contributed by atoms with Gasteiger partial charge < -0.3 is 5.32 Å². The fourth-order valence-electron chi connectivity index (χ4n) is 2.66. The van der Waals surface area contributed by atoms with E-state index in [0.717, 1.165) is 18.0 Å². The van der Waals surface area contributed by atoms with Gasteiger partial charge in [-0.2, -0.15) is 0 Å². The lowest BCUT2D eigenvalue weighted by atomic mass is 9.78. The van der Waals surface area contributed by atoms with Crippen LogP contribution in [0.1, 0.15) is 59.3 Å². The molecule has 1 saturated carbocycles. The van der Waals surface area contributed by atoms with Crippen LogP contribution >= 0.6 is 0 Å². The Labute approximate surface area is 107 Å². The molecule has 1 rings (SSSR count). The standard InChI is InChI=1S/C16H29N/c1-6-13(4)17-16(14(5)12(2)3)15-10-8-7-9-11-15/h12,15-17H,4-11H2,1-3H3. The van der Waals surface area contributed by atoms with Crippen molar-refractivity contribution in [2.45, 2.75) is 65.3 Å². The summed E-state index contributed by atoms with van der Waals surface area (Å²) in [5.74, 6) is 1.32. The Morgan fingerprint density at radius 1 is 1.18 bits per heavy atom.